The summed E-state index contributed by atoms with van der Waals surface area (Å²) >= 11 is 0. The lowest BCUT2D eigenvalue weighted by molar-refractivity contribution is 0.414. The molecule has 0 fully saturated rings. The summed E-state index contributed by atoms with van der Waals surface area (Å²) in [6.45, 7) is 9.97. The molecule has 0 aliphatic rings. The van der Waals surface area contributed by atoms with Crippen molar-refractivity contribution in [2.45, 2.75) is 40.0 Å². The molecule has 1 aromatic carbocycles. The molecule has 0 atom stereocenters. The molecule has 0 saturated carbocycles. The van der Waals surface area contributed by atoms with Crippen molar-refractivity contribution in [2.75, 3.05) is 0 Å². The van der Waals surface area contributed by atoms with Gasteiger partial charge in [0.15, 0.2) is 0 Å². The second-order valence-corrected chi connectivity index (χ2v) is 4.89. The lowest BCUT2D eigenvalue weighted by Gasteiger charge is -2.12. The molecule has 1 aromatic rings. The van der Waals surface area contributed by atoms with E-state index in [0.717, 1.165) is 12.0 Å². The van der Waals surface area contributed by atoms with Gasteiger partial charge >= 0.3 is 0 Å². The Hall–Kier alpha value is -0.820. The number of aliphatic hydroxyl groups excluding tert-OH is 1. The quantitative estimate of drug-likeness (QED) is 0.790. The number of aliphatic hydroxyl groups is 1. The van der Waals surface area contributed by atoms with E-state index < -0.39 is 0 Å². The van der Waals surface area contributed by atoms with Crippen molar-refractivity contribution in [1.29, 1.82) is 0 Å². The van der Waals surface area contributed by atoms with Gasteiger partial charge in [-0.2, -0.15) is 0 Å². The van der Waals surface area contributed by atoms with E-state index in [4.69, 9.17) is 5.11 Å². The maximum atomic E-state index is 9.08. The molecular weight excluding hydrogens is 184 g/mol. The van der Waals surface area contributed by atoms with Gasteiger partial charge in [0.2, 0.25) is 0 Å². The van der Waals surface area contributed by atoms with E-state index in [9.17, 15) is 0 Å². The monoisotopic (exact) mass is 205 g/mol. The van der Waals surface area contributed by atoms with Gasteiger partial charge in [-0.15, -0.1) is 0 Å². The lowest BCUT2D eigenvalue weighted by Crippen LogP contribution is -1.98. The van der Waals surface area contributed by atoms with Crippen LogP contribution >= 0.6 is 0 Å². The van der Waals surface area contributed by atoms with Gasteiger partial charge < -0.3 is 5.11 Å². The molecule has 1 heteroatoms. The normalized spacial score (nSPS) is 11.4. The van der Waals surface area contributed by atoms with Crippen molar-refractivity contribution in [3.8, 4) is 0 Å². The van der Waals surface area contributed by atoms with Crippen LogP contribution in [0.4, 0.5) is 0 Å². The van der Waals surface area contributed by atoms with E-state index in [1.165, 1.54) is 17.7 Å². The first kappa shape index (κ1) is 12.3. The fourth-order valence-corrected chi connectivity index (χ4v) is 1.74. The third-order valence-corrected chi connectivity index (χ3v) is 2.50. The van der Waals surface area contributed by atoms with Gasteiger partial charge in [-0.05, 0) is 34.9 Å². The van der Waals surface area contributed by atoms with Gasteiger partial charge in [0.1, 0.15) is 6.61 Å². The highest BCUT2D eigenvalue weighted by atomic mass is 16.3. The molecular formula is C14H21O. The summed E-state index contributed by atoms with van der Waals surface area (Å²) in [6.07, 6.45) is 1.07. The van der Waals surface area contributed by atoms with Crippen LogP contribution in [0.3, 0.4) is 0 Å². The fraction of sp³-hybridized carbons (Fsp3) is 0.500. The van der Waals surface area contributed by atoms with Gasteiger partial charge in [-0.3, -0.25) is 0 Å². The Kier molecular flexibility index (Phi) is 4.34. The van der Waals surface area contributed by atoms with Crippen LogP contribution in [0.25, 0.3) is 0 Å². The van der Waals surface area contributed by atoms with E-state index in [-0.39, 0.29) is 0 Å². The van der Waals surface area contributed by atoms with Gasteiger partial charge in [-0.1, -0.05) is 45.9 Å². The van der Waals surface area contributed by atoms with Gasteiger partial charge in [0, 0.05) is 0 Å². The van der Waals surface area contributed by atoms with Gasteiger partial charge in [-0.25, -0.2) is 0 Å². The van der Waals surface area contributed by atoms with Crippen LogP contribution in [0.1, 0.15) is 50.3 Å². The number of hydrogen-bond donors (Lipinski definition) is 1. The first-order valence-electron chi connectivity index (χ1n) is 5.64. The van der Waals surface area contributed by atoms with Crippen LogP contribution in [0.15, 0.2) is 18.2 Å². The van der Waals surface area contributed by atoms with Crippen molar-refractivity contribution in [3.05, 3.63) is 41.5 Å². The molecule has 0 bridgehead atoms. The second kappa shape index (κ2) is 5.32. The molecule has 0 saturated heterocycles. The Labute approximate surface area is 93.1 Å². The van der Waals surface area contributed by atoms with Gasteiger partial charge in [0.25, 0.3) is 0 Å². The van der Waals surface area contributed by atoms with E-state index >= 15 is 0 Å². The highest BCUT2D eigenvalue weighted by Crippen LogP contribution is 2.20. The first-order chi connectivity index (χ1) is 7.02. The Morgan fingerprint density at radius 1 is 1.13 bits per heavy atom. The summed E-state index contributed by atoms with van der Waals surface area (Å²) in [6, 6.07) is 6.36. The minimum Gasteiger partial charge on any atom is -0.385 e. The predicted octanol–water partition coefficient (Wildman–Crippen LogP) is 3.89. The Balaban J connectivity index is 3.00. The smallest absolute Gasteiger partial charge is 0.109 e. The molecule has 0 amide bonds. The minimum atomic E-state index is 0.510. The third kappa shape index (κ3) is 3.67. The zero-order valence-corrected chi connectivity index (χ0v) is 10.1. The second-order valence-electron chi connectivity index (χ2n) is 4.89. The highest BCUT2D eigenvalue weighted by Gasteiger charge is 2.05. The topological polar surface area (TPSA) is 20.2 Å². The number of hydrogen-bond acceptors (Lipinski definition) is 1. The molecule has 0 aliphatic carbocycles. The van der Waals surface area contributed by atoms with Crippen LogP contribution in [0, 0.1) is 12.5 Å². The van der Waals surface area contributed by atoms with Crippen LogP contribution < -0.4 is 0 Å². The molecule has 83 valence electrons. The minimum absolute atomic E-state index is 0.510. The van der Waals surface area contributed by atoms with E-state index in [1.807, 2.05) is 0 Å². The van der Waals surface area contributed by atoms with Crippen molar-refractivity contribution in [2.24, 2.45) is 5.92 Å². The summed E-state index contributed by atoms with van der Waals surface area (Å²) in [7, 11) is 0. The predicted molar refractivity (Wildman–Crippen MR) is 64.4 cm³/mol. The molecule has 1 N–H and O–H groups in total. The molecule has 1 nitrogen and oxygen atoms in total. The van der Waals surface area contributed by atoms with Crippen LogP contribution in [-0.4, -0.2) is 5.11 Å². The first-order valence-corrected chi connectivity index (χ1v) is 5.64. The Morgan fingerprint density at radius 3 is 2.27 bits per heavy atom. The van der Waals surface area contributed by atoms with Gasteiger partial charge in [0.05, 0.1) is 0 Å². The van der Waals surface area contributed by atoms with Crippen LogP contribution in [0.2, 0.25) is 0 Å². The van der Waals surface area contributed by atoms with E-state index in [0.29, 0.717) is 11.8 Å². The maximum Gasteiger partial charge on any atom is 0.109 e. The Bertz CT molecular complexity index is 313. The molecule has 15 heavy (non-hydrogen) atoms. The third-order valence-electron chi connectivity index (χ3n) is 2.50. The molecule has 0 aromatic heterocycles. The van der Waals surface area contributed by atoms with Crippen molar-refractivity contribution < 1.29 is 5.11 Å². The van der Waals surface area contributed by atoms with Crippen molar-refractivity contribution in [1.82, 2.24) is 0 Å². The van der Waals surface area contributed by atoms with E-state index in [1.54, 1.807) is 0 Å². The number of benzene rings is 1. The molecule has 0 heterocycles. The Morgan fingerprint density at radius 2 is 1.80 bits per heavy atom. The van der Waals surface area contributed by atoms with Crippen molar-refractivity contribution >= 4 is 0 Å². The molecule has 0 unspecified atom stereocenters. The highest BCUT2D eigenvalue weighted by molar-refractivity contribution is 5.34. The zero-order chi connectivity index (χ0) is 11.4. The summed E-state index contributed by atoms with van der Waals surface area (Å²) in [5.41, 5.74) is 3.53. The summed E-state index contributed by atoms with van der Waals surface area (Å²) < 4.78 is 0. The standard InChI is InChI=1S/C14H21O/c1-10(2)5-12-6-13(9-15)8-14(7-12)11(3)4/h6-11,15H,5H2,1-4H3. The van der Waals surface area contributed by atoms with Crippen molar-refractivity contribution in [3.63, 3.8) is 0 Å². The fourth-order valence-electron chi connectivity index (χ4n) is 1.74. The average molecular weight is 205 g/mol. The average Bonchev–Trinajstić information content (AvgIpc) is 2.16. The molecule has 1 rings (SSSR count). The summed E-state index contributed by atoms with van der Waals surface area (Å²) in [4.78, 5) is 0. The molecule has 1 radical (unpaired) electrons. The summed E-state index contributed by atoms with van der Waals surface area (Å²) in [5.74, 6) is 1.16. The largest absolute Gasteiger partial charge is 0.385 e. The zero-order valence-electron chi connectivity index (χ0n) is 10.1. The van der Waals surface area contributed by atoms with Crippen LogP contribution in [-0.2, 0) is 6.42 Å². The maximum absolute atomic E-state index is 9.08. The number of rotatable bonds is 4. The molecule has 0 spiro atoms. The SMILES string of the molecule is CC(C)Cc1cc([CH]O)cc(C(C)C)c1. The summed E-state index contributed by atoms with van der Waals surface area (Å²) in [5, 5.41) is 9.08. The van der Waals surface area contributed by atoms with E-state index in [2.05, 4.69) is 45.9 Å². The van der Waals surface area contributed by atoms with Crippen LogP contribution in [0.5, 0.6) is 0 Å². The molecule has 0 aliphatic heterocycles. The lowest BCUT2D eigenvalue weighted by atomic mass is 9.94.